The molecule has 0 spiro atoms. The molecular weight excluding hydrogens is 246 g/mol. The number of hydrogen-bond acceptors (Lipinski definition) is 6. The second-order valence-corrected chi connectivity index (χ2v) is 5.79. The maximum atomic E-state index is 6.31. The normalized spacial score (nSPS) is 26.1. The molecular formula is C13H21N3O3. The highest BCUT2D eigenvalue weighted by Gasteiger charge is 2.46. The average molecular weight is 267 g/mol. The quantitative estimate of drug-likeness (QED) is 0.885. The zero-order chi connectivity index (χ0) is 13.5. The maximum Gasteiger partial charge on any atom is 0.246 e. The van der Waals surface area contributed by atoms with Gasteiger partial charge in [-0.05, 0) is 25.7 Å². The van der Waals surface area contributed by atoms with Gasteiger partial charge in [0.2, 0.25) is 11.7 Å². The zero-order valence-electron chi connectivity index (χ0n) is 11.5. The van der Waals surface area contributed by atoms with Gasteiger partial charge in [0.25, 0.3) is 0 Å². The van der Waals surface area contributed by atoms with Crippen LogP contribution in [0.1, 0.15) is 44.3 Å². The number of methoxy groups -OCH3 is 1. The topological polar surface area (TPSA) is 83.4 Å². The lowest BCUT2D eigenvalue weighted by atomic mass is 9.93. The van der Waals surface area contributed by atoms with Gasteiger partial charge in [-0.3, -0.25) is 0 Å². The molecule has 1 aliphatic carbocycles. The van der Waals surface area contributed by atoms with Gasteiger partial charge < -0.3 is 19.7 Å². The molecule has 2 N–H and O–H groups in total. The summed E-state index contributed by atoms with van der Waals surface area (Å²) in [5, 5.41) is 4.11. The minimum Gasteiger partial charge on any atom is -0.381 e. The molecule has 1 unspecified atom stereocenters. The lowest BCUT2D eigenvalue weighted by Gasteiger charge is -2.32. The van der Waals surface area contributed by atoms with Gasteiger partial charge in [0.05, 0.1) is 5.54 Å². The van der Waals surface area contributed by atoms with Gasteiger partial charge in [0.1, 0.15) is 5.60 Å². The number of ether oxygens (including phenoxy) is 2. The number of nitrogens with zero attached hydrogens (tertiary/aromatic N) is 2. The Bertz CT molecular complexity index is 448. The standard InChI is InChI=1S/C13H21N3O3/c1-12(14,9-3-4-9)11-15-10(16-19-11)13(17-2)5-7-18-8-6-13/h9H,3-8,14H2,1-2H3. The summed E-state index contributed by atoms with van der Waals surface area (Å²) in [5.74, 6) is 1.58. The van der Waals surface area contributed by atoms with Crippen molar-refractivity contribution >= 4 is 0 Å². The minimum atomic E-state index is -0.522. The van der Waals surface area contributed by atoms with Crippen LogP contribution in [-0.4, -0.2) is 30.5 Å². The van der Waals surface area contributed by atoms with E-state index in [1.54, 1.807) is 7.11 Å². The predicted octanol–water partition coefficient (Wildman–Crippen LogP) is 1.31. The Labute approximate surface area is 112 Å². The summed E-state index contributed by atoms with van der Waals surface area (Å²) in [5.41, 5.74) is 5.30. The van der Waals surface area contributed by atoms with Crippen molar-refractivity contribution in [3.8, 4) is 0 Å². The lowest BCUT2D eigenvalue weighted by molar-refractivity contribution is -0.101. The molecule has 3 rings (SSSR count). The third-order valence-corrected chi connectivity index (χ3v) is 4.41. The molecule has 1 saturated heterocycles. The van der Waals surface area contributed by atoms with Crippen molar-refractivity contribution in [2.75, 3.05) is 20.3 Å². The molecule has 2 aliphatic rings. The van der Waals surface area contributed by atoms with Crippen LogP contribution in [0.3, 0.4) is 0 Å². The Morgan fingerprint density at radius 3 is 2.63 bits per heavy atom. The van der Waals surface area contributed by atoms with Gasteiger partial charge >= 0.3 is 0 Å². The Hall–Kier alpha value is -0.980. The lowest BCUT2D eigenvalue weighted by Crippen LogP contribution is -2.38. The summed E-state index contributed by atoms with van der Waals surface area (Å²) in [7, 11) is 1.68. The fourth-order valence-electron chi connectivity index (χ4n) is 2.71. The first-order valence-electron chi connectivity index (χ1n) is 6.85. The third-order valence-electron chi connectivity index (χ3n) is 4.41. The molecule has 1 atom stereocenters. The van der Waals surface area contributed by atoms with E-state index in [9.17, 15) is 0 Å². The Morgan fingerprint density at radius 1 is 1.37 bits per heavy atom. The van der Waals surface area contributed by atoms with Crippen molar-refractivity contribution in [1.29, 1.82) is 0 Å². The van der Waals surface area contributed by atoms with Crippen molar-refractivity contribution in [3.63, 3.8) is 0 Å². The van der Waals surface area contributed by atoms with Crippen molar-refractivity contribution < 1.29 is 14.0 Å². The first-order valence-corrected chi connectivity index (χ1v) is 6.85. The first-order chi connectivity index (χ1) is 9.08. The Morgan fingerprint density at radius 2 is 2.05 bits per heavy atom. The molecule has 1 aromatic rings. The van der Waals surface area contributed by atoms with E-state index in [1.165, 1.54) is 0 Å². The van der Waals surface area contributed by atoms with Crippen LogP contribution in [0.4, 0.5) is 0 Å². The van der Waals surface area contributed by atoms with Gasteiger partial charge in [-0.1, -0.05) is 5.16 Å². The highest BCUT2D eigenvalue weighted by molar-refractivity contribution is 5.11. The van der Waals surface area contributed by atoms with Crippen LogP contribution in [0, 0.1) is 5.92 Å². The largest absolute Gasteiger partial charge is 0.381 e. The number of aromatic nitrogens is 2. The molecule has 0 aromatic carbocycles. The van der Waals surface area contributed by atoms with Crippen LogP contribution < -0.4 is 5.73 Å². The van der Waals surface area contributed by atoms with E-state index in [0.29, 0.717) is 30.8 Å². The van der Waals surface area contributed by atoms with Crippen LogP contribution in [-0.2, 0) is 20.6 Å². The zero-order valence-corrected chi connectivity index (χ0v) is 11.5. The van der Waals surface area contributed by atoms with Gasteiger partial charge in [-0.2, -0.15) is 4.98 Å². The van der Waals surface area contributed by atoms with E-state index >= 15 is 0 Å². The number of rotatable bonds is 4. The van der Waals surface area contributed by atoms with Crippen LogP contribution in [0.25, 0.3) is 0 Å². The molecule has 19 heavy (non-hydrogen) atoms. The van der Waals surface area contributed by atoms with Crippen molar-refractivity contribution in [2.45, 2.75) is 43.7 Å². The summed E-state index contributed by atoms with van der Waals surface area (Å²) < 4.78 is 16.4. The molecule has 1 saturated carbocycles. The highest BCUT2D eigenvalue weighted by Crippen LogP contribution is 2.44. The summed E-state index contributed by atoms with van der Waals surface area (Å²) in [6, 6.07) is 0. The maximum absolute atomic E-state index is 6.31. The van der Waals surface area contributed by atoms with E-state index in [-0.39, 0.29) is 0 Å². The summed E-state index contributed by atoms with van der Waals surface area (Å²) in [6.07, 6.45) is 3.75. The fraction of sp³-hybridized carbons (Fsp3) is 0.846. The molecule has 1 aromatic heterocycles. The van der Waals surface area contributed by atoms with E-state index < -0.39 is 11.1 Å². The fourth-order valence-corrected chi connectivity index (χ4v) is 2.71. The molecule has 0 radical (unpaired) electrons. The monoisotopic (exact) mass is 267 g/mol. The van der Waals surface area contributed by atoms with Crippen LogP contribution in [0.2, 0.25) is 0 Å². The SMILES string of the molecule is COC1(c2noc(C(C)(N)C3CC3)n2)CCOCC1. The number of nitrogens with two attached hydrogens (primary N) is 1. The first kappa shape index (κ1) is 13.0. The van der Waals surface area contributed by atoms with Crippen LogP contribution in [0.15, 0.2) is 4.52 Å². The smallest absolute Gasteiger partial charge is 0.246 e. The molecule has 0 bridgehead atoms. The molecule has 6 heteroatoms. The molecule has 2 heterocycles. The Kier molecular flexibility index (Phi) is 3.11. The van der Waals surface area contributed by atoms with E-state index in [2.05, 4.69) is 10.1 Å². The summed E-state index contributed by atoms with van der Waals surface area (Å²) in [6.45, 7) is 3.27. The average Bonchev–Trinajstić information content (AvgIpc) is 3.17. The second-order valence-electron chi connectivity index (χ2n) is 5.79. The van der Waals surface area contributed by atoms with E-state index in [4.69, 9.17) is 19.7 Å². The van der Waals surface area contributed by atoms with Gasteiger partial charge in [-0.15, -0.1) is 0 Å². The summed E-state index contributed by atoms with van der Waals surface area (Å²) in [4.78, 5) is 4.53. The highest BCUT2D eigenvalue weighted by atomic mass is 16.5. The van der Waals surface area contributed by atoms with Crippen LogP contribution >= 0.6 is 0 Å². The third kappa shape index (κ3) is 2.17. The second kappa shape index (κ2) is 4.54. The predicted molar refractivity (Wildman–Crippen MR) is 67.3 cm³/mol. The molecule has 106 valence electrons. The van der Waals surface area contributed by atoms with Gasteiger partial charge in [-0.25, -0.2) is 0 Å². The van der Waals surface area contributed by atoms with Crippen LogP contribution in [0.5, 0.6) is 0 Å². The van der Waals surface area contributed by atoms with Crippen molar-refractivity contribution in [1.82, 2.24) is 10.1 Å². The van der Waals surface area contributed by atoms with Crippen molar-refractivity contribution in [3.05, 3.63) is 11.7 Å². The van der Waals surface area contributed by atoms with Gasteiger partial charge in [0.15, 0.2) is 0 Å². The molecule has 0 amide bonds. The van der Waals surface area contributed by atoms with E-state index in [1.807, 2.05) is 6.92 Å². The van der Waals surface area contributed by atoms with Crippen molar-refractivity contribution in [2.24, 2.45) is 11.7 Å². The van der Waals surface area contributed by atoms with E-state index in [0.717, 1.165) is 25.7 Å². The minimum absolute atomic E-state index is 0.453. The summed E-state index contributed by atoms with van der Waals surface area (Å²) >= 11 is 0. The molecule has 6 nitrogen and oxygen atoms in total. The Balaban J connectivity index is 1.87. The molecule has 2 fully saturated rings. The molecule has 1 aliphatic heterocycles. The van der Waals surface area contributed by atoms with Gasteiger partial charge in [0, 0.05) is 33.2 Å². The number of hydrogen-bond donors (Lipinski definition) is 1.